The van der Waals surface area contributed by atoms with Crippen molar-refractivity contribution in [3.63, 3.8) is 0 Å². The van der Waals surface area contributed by atoms with E-state index in [1.54, 1.807) is 24.3 Å². The Hall–Kier alpha value is -3.01. The van der Waals surface area contributed by atoms with Crippen molar-refractivity contribution in [3.8, 4) is 11.8 Å². The third kappa shape index (κ3) is 4.98. The van der Waals surface area contributed by atoms with Gasteiger partial charge in [0.2, 0.25) is 5.91 Å². The van der Waals surface area contributed by atoms with Crippen LogP contribution < -0.4 is 10.1 Å². The third-order valence-corrected chi connectivity index (χ3v) is 3.50. The predicted molar refractivity (Wildman–Crippen MR) is 85.9 cm³/mol. The summed E-state index contributed by atoms with van der Waals surface area (Å²) in [6, 6.07) is 13.1. The summed E-state index contributed by atoms with van der Waals surface area (Å²) in [6.07, 6.45) is -4.38. The molecule has 0 aliphatic heterocycles. The number of carbonyl (C=O) groups excluding carboxylic acids is 1. The van der Waals surface area contributed by atoms with Gasteiger partial charge in [0.05, 0.1) is 18.7 Å². The van der Waals surface area contributed by atoms with Crippen molar-refractivity contribution in [2.75, 3.05) is 12.4 Å². The largest absolute Gasteiger partial charge is 0.497 e. The molecule has 0 saturated heterocycles. The summed E-state index contributed by atoms with van der Waals surface area (Å²) >= 11 is 0. The zero-order valence-corrected chi connectivity index (χ0v) is 13.3. The number of rotatable bonds is 5. The first-order valence-corrected chi connectivity index (χ1v) is 7.34. The molecule has 7 heteroatoms. The van der Waals surface area contributed by atoms with Gasteiger partial charge in [0, 0.05) is 5.69 Å². The highest BCUT2D eigenvalue weighted by atomic mass is 19.4. The molecule has 25 heavy (non-hydrogen) atoms. The van der Waals surface area contributed by atoms with E-state index < -0.39 is 23.6 Å². The lowest BCUT2D eigenvalue weighted by atomic mass is 9.99. The number of halogens is 3. The van der Waals surface area contributed by atoms with Crippen LogP contribution in [-0.4, -0.2) is 13.0 Å². The van der Waals surface area contributed by atoms with E-state index >= 15 is 0 Å². The SMILES string of the molecule is COc1cccc(C[C@@H](C#N)C(=O)Nc2cccc(C(F)(F)F)c2)c1. The number of amides is 1. The lowest BCUT2D eigenvalue weighted by Gasteiger charge is -2.13. The number of anilines is 1. The van der Waals surface area contributed by atoms with Crippen LogP contribution in [0.4, 0.5) is 18.9 Å². The maximum atomic E-state index is 12.7. The summed E-state index contributed by atoms with van der Waals surface area (Å²) in [5.74, 6) is -1.11. The van der Waals surface area contributed by atoms with Gasteiger partial charge in [-0.25, -0.2) is 0 Å². The van der Waals surface area contributed by atoms with E-state index in [-0.39, 0.29) is 12.1 Å². The second-order valence-electron chi connectivity index (χ2n) is 5.31. The Bertz CT molecular complexity index is 797. The molecule has 2 rings (SSSR count). The lowest BCUT2D eigenvalue weighted by Crippen LogP contribution is -2.23. The molecule has 0 fully saturated rings. The summed E-state index contributed by atoms with van der Waals surface area (Å²) in [5, 5.41) is 11.6. The minimum atomic E-state index is -4.50. The molecule has 0 aliphatic carbocycles. The molecule has 0 aromatic heterocycles. The highest BCUT2D eigenvalue weighted by molar-refractivity contribution is 5.94. The van der Waals surface area contributed by atoms with E-state index in [0.717, 1.165) is 12.1 Å². The van der Waals surface area contributed by atoms with Gasteiger partial charge < -0.3 is 10.1 Å². The number of nitrogens with zero attached hydrogens (tertiary/aromatic N) is 1. The van der Waals surface area contributed by atoms with Gasteiger partial charge in [0.25, 0.3) is 0 Å². The Morgan fingerprint density at radius 1 is 1.24 bits per heavy atom. The number of ether oxygens (including phenoxy) is 1. The molecule has 130 valence electrons. The van der Waals surface area contributed by atoms with E-state index in [2.05, 4.69) is 5.32 Å². The van der Waals surface area contributed by atoms with Crippen molar-refractivity contribution in [2.45, 2.75) is 12.6 Å². The van der Waals surface area contributed by atoms with Gasteiger partial charge in [-0.2, -0.15) is 18.4 Å². The zero-order valence-electron chi connectivity index (χ0n) is 13.3. The molecular formula is C18H15F3N2O2. The fraction of sp³-hybridized carbons (Fsp3) is 0.222. The predicted octanol–water partition coefficient (Wildman–Crippen LogP) is 4.03. The van der Waals surface area contributed by atoms with Gasteiger partial charge in [-0.3, -0.25) is 4.79 Å². The number of carbonyl (C=O) groups is 1. The Morgan fingerprint density at radius 3 is 2.60 bits per heavy atom. The quantitative estimate of drug-likeness (QED) is 0.887. The molecule has 1 amide bonds. The minimum Gasteiger partial charge on any atom is -0.497 e. The molecule has 0 bridgehead atoms. The van der Waals surface area contributed by atoms with Gasteiger partial charge >= 0.3 is 6.18 Å². The average Bonchev–Trinajstić information content (AvgIpc) is 2.59. The first-order chi connectivity index (χ1) is 11.8. The second kappa shape index (κ2) is 7.71. The maximum absolute atomic E-state index is 12.7. The van der Waals surface area contributed by atoms with Gasteiger partial charge in [0.1, 0.15) is 11.7 Å². The van der Waals surface area contributed by atoms with E-state index in [9.17, 15) is 23.2 Å². The zero-order chi connectivity index (χ0) is 18.4. The van der Waals surface area contributed by atoms with Crippen LogP contribution in [0.3, 0.4) is 0 Å². The second-order valence-corrected chi connectivity index (χ2v) is 5.31. The summed E-state index contributed by atoms with van der Waals surface area (Å²) in [4.78, 5) is 12.2. The minimum absolute atomic E-state index is 0.00860. The van der Waals surface area contributed by atoms with Crippen LogP contribution in [0.2, 0.25) is 0 Å². The summed E-state index contributed by atoms with van der Waals surface area (Å²) < 4.78 is 43.2. The van der Waals surface area contributed by atoms with Crippen molar-refractivity contribution in [1.82, 2.24) is 0 Å². The molecule has 0 aliphatic rings. The molecule has 0 spiro atoms. The number of hydrogen-bond acceptors (Lipinski definition) is 3. The van der Waals surface area contributed by atoms with Crippen molar-refractivity contribution in [2.24, 2.45) is 5.92 Å². The van der Waals surface area contributed by atoms with Crippen LogP contribution in [0.25, 0.3) is 0 Å². The number of hydrogen-bond donors (Lipinski definition) is 1. The highest BCUT2D eigenvalue weighted by Crippen LogP contribution is 2.30. The number of methoxy groups -OCH3 is 1. The maximum Gasteiger partial charge on any atom is 0.416 e. The molecule has 0 unspecified atom stereocenters. The van der Waals surface area contributed by atoms with E-state index in [0.29, 0.717) is 11.3 Å². The summed E-state index contributed by atoms with van der Waals surface area (Å²) in [5.41, 5.74) is -0.164. The first-order valence-electron chi connectivity index (χ1n) is 7.34. The highest BCUT2D eigenvalue weighted by Gasteiger charge is 2.30. The molecular weight excluding hydrogens is 333 g/mol. The Labute approximate surface area is 142 Å². The number of nitriles is 1. The fourth-order valence-electron chi connectivity index (χ4n) is 2.23. The van der Waals surface area contributed by atoms with E-state index in [1.807, 2.05) is 6.07 Å². The van der Waals surface area contributed by atoms with Gasteiger partial charge in [-0.15, -0.1) is 0 Å². The Balaban J connectivity index is 2.11. The summed E-state index contributed by atoms with van der Waals surface area (Å²) in [7, 11) is 1.50. The molecule has 0 heterocycles. The van der Waals surface area contributed by atoms with Crippen LogP contribution in [0.1, 0.15) is 11.1 Å². The number of alkyl halides is 3. The van der Waals surface area contributed by atoms with Crippen molar-refractivity contribution >= 4 is 11.6 Å². The van der Waals surface area contributed by atoms with Gasteiger partial charge in [0.15, 0.2) is 0 Å². The van der Waals surface area contributed by atoms with Crippen LogP contribution in [0.5, 0.6) is 5.75 Å². The number of nitrogens with one attached hydrogen (secondary N) is 1. The van der Waals surface area contributed by atoms with E-state index in [1.165, 1.54) is 19.2 Å². The van der Waals surface area contributed by atoms with Crippen molar-refractivity contribution < 1.29 is 22.7 Å². The van der Waals surface area contributed by atoms with Crippen LogP contribution in [0, 0.1) is 17.2 Å². The van der Waals surface area contributed by atoms with Crippen molar-refractivity contribution in [3.05, 3.63) is 59.7 Å². The molecule has 1 atom stereocenters. The topological polar surface area (TPSA) is 62.1 Å². The third-order valence-electron chi connectivity index (χ3n) is 3.50. The van der Waals surface area contributed by atoms with Crippen LogP contribution in [0.15, 0.2) is 48.5 Å². The molecule has 1 N–H and O–H groups in total. The number of benzene rings is 2. The van der Waals surface area contributed by atoms with Gasteiger partial charge in [-0.1, -0.05) is 18.2 Å². The van der Waals surface area contributed by atoms with Crippen molar-refractivity contribution in [1.29, 1.82) is 5.26 Å². The summed E-state index contributed by atoms with van der Waals surface area (Å²) in [6.45, 7) is 0. The molecule has 0 saturated carbocycles. The van der Waals surface area contributed by atoms with Gasteiger partial charge in [-0.05, 0) is 42.3 Å². The van der Waals surface area contributed by atoms with Crippen LogP contribution >= 0.6 is 0 Å². The standard InChI is InChI=1S/C18H15F3N2O2/c1-25-16-7-2-4-12(9-16)8-13(11-22)17(24)23-15-6-3-5-14(10-15)18(19,20)21/h2-7,9-10,13H,8H2,1H3,(H,23,24)/t13-/m0/s1. The lowest BCUT2D eigenvalue weighted by molar-refractivity contribution is -0.137. The smallest absolute Gasteiger partial charge is 0.416 e. The molecule has 4 nitrogen and oxygen atoms in total. The average molecular weight is 348 g/mol. The fourth-order valence-corrected chi connectivity index (χ4v) is 2.23. The Kier molecular flexibility index (Phi) is 5.65. The normalized spacial score (nSPS) is 12.1. The first kappa shape index (κ1) is 18.3. The Morgan fingerprint density at radius 2 is 1.96 bits per heavy atom. The molecule has 2 aromatic rings. The molecule has 2 aromatic carbocycles. The van der Waals surface area contributed by atoms with E-state index in [4.69, 9.17) is 4.74 Å². The molecule has 0 radical (unpaired) electrons. The van der Waals surface area contributed by atoms with Crippen LogP contribution in [-0.2, 0) is 17.4 Å². The monoisotopic (exact) mass is 348 g/mol.